The monoisotopic (exact) mass is 301 g/mol. The molecule has 0 aromatic carbocycles. The number of amides is 1. The van der Waals surface area contributed by atoms with E-state index in [4.69, 9.17) is 0 Å². The number of sulfonamides is 1. The van der Waals surface area contributed by atoms with Crippen molar-refractivity contribution in [3.63, 3.8) is 0 Å². The second-order valence-electron chi connectivity index (χ2n) is 3.87. The van der Waals surface area contributed by atoms with Gasteiger partial charge >= 0.3 is 0 Å². The van der Waals surface area contributed by atoms with Gasteiger partial charge in [0.15, 0.2) is 0 Å². The van der Waals surface area contributed by atoms with Crippen LogP contribution >= 0.6 is 0 Å². The fourth-order valence-electron chi connectivity index (χ4n) is 1.37. The van der Waals surface area contributed by atoms with Crippen LogP contribution in [0.4, 0.5) is 5.95 Å². The Balaban J connectivity index is 2.57. The van der Waals surface area contributed by atoms with E-state index in [1.165, 1.54) is 12.4 Å². The van der Waals surface area contributed by atoms with Gasteiger partial charge in [-0.15, -0.1) is 0 Å². The van der Waals surface area contributed by atoms with Gasteiger partial charge in [0, 0.05) is 26.1 Å². The molecule has 0 atom stereocenters. The normalized spacial score (nSPS) is 11.1. The van der Waals surface area contributed by atoms with Crippen molar-refractivity contribution in [2.45, 2.75) is 25.2 Å². The molecule has 112 valence electrons. The van der Waals surface area contributed by atoms with Crippen molar-refractivity contribution in [2.75, 3.05) is 25.0 Å². The molecule has 0 radical (unpaired) electrons. The Bertz CT molecular complexity index is 529. The van der Waals surface area contributed by atoms with Crippen molar-refractivity contribution >= 4 is 21.9 Å². The van der Waals surface area contributed by atoms with E-state index in [0.717, 1.165) is 0 Å². The van der Waals surface area contributed by atoms with Crippen LogP contribution in [0.2, 0.25) is 0 Å². The van der Waals surface area contributed by atoms with E-state index in [1.54, 1.807) is 6.92 Å². The molecule has 0 aliphatic carbocycles. The Kier molecular flexibility index (Phi) is 6.32. The van der Waals surface area contributed by atoms with E-state index in [-0.39, 0.29) is 23.8 Å². The lowest BCUT2D eigenvalue weighted by Gasteiger charge is -2.07. The molecule has 8 nitrogen and oxygen atoms in total. The second-order valence-corrected chi connectivity index (χ2v) is 5.64. The SMILES string of the molecule is CCNC(=O)CCNS(=O)(=O)c1cnc(NCC)nc1. The largest absolute Gasteiger partial charge is 0.356 e. The van der Waals surface area contributed by atoms with Crippen molar-refractivity contribution in [2.24, 2.45) is 0 Å². The molecule has 0 bridgehead atoms. The zero-order valence-electron chi connectivity index (χ0n) is 11.5. The van der Waals surface area contributed by atoms with E-state index in [9.17, 15) is 13.2 Å². The number of anilines is 1. The van der Waals surface area contributed by atoms with E-state index >= 15 is 0 Å². The lowest BCUT2D eigenvalue weighted by atomic mass is 10.4. The maximum atomic E-state index is 11.9. The zero-order chi connectivity index (χ0) is 15.0. The van der Waals surface area contributed by atoms with Crippen LogP contribution in [0.15, 0.2) is 17.3 Å². The summed E-state index contributed by atoms with van der Waals surface area (Å²) in [6.45, 7) is 4.88. The molecule has 20 heavy (non-hydrogen) atoms. The van der Waals surface area contributed by atoms with Gasteiger partial charge in [-0.25, -0.2) is 23.1 Å². The van der Waals surface area contributed by atoms with Crippen molar-refractivity contribution in [1.29, 1.82) is 0 Å². The summed E-state index contributed by atoms with van der Waals surface area (Å²) in [5.74, 6) is 0.169. The van der Waals surface area contributed by atoms with Gasteiger partial charge in [0.25, 0.3) is 0 Å². The van der Waals surface area contributed by atoms with Crippen molar-refractivity contribution < 1.29 is 13.2 Å². The third-order valence-electron chi connectivity index (χ3n) is 2.29. The van der Waals surface area contributed by atoms with E-state index in [2.05, 4.69) is 25.3 Å². The third kappa shape index (κ3) is 5.10. The highest BCUT2D eigenvalue weighted by Gasteiger charge is 2.15. The molecule has 0 aliphatic rings. The minimum Gasteiger partial charge on any atom is -0.356 e. The van der Waals surface area contributed by atoms with Gasteiger partial charge in [-0.2, -0.15) is 0 Å². The fourth-order valence-corrected chi connectivity index (χ4v) is 2.29. The maximum absolute atomic E-state index is 11.9. The summed E-state index contributed by atoms with van der Waals surface area (Å²) in [5.41, 5.74) is 0. The summed E-state index contributed by atoms with van der Waals surface area (Å²) in [4.78, 5) is 18.9. The van der Waals surface area contributed by atoms with Gasteiger partial charge in [0.1, 0.15) is 4.90 Å². The molecule has 0 spiro atoms. The standard InChI is InChI=1S/C11H19N5O3S/c1-3-12-10(17)5-6-16-20(18,19)9-7-14-11(13-4-2)15-8-9/h7-8,16H,3-6H2,1-2H3,(H,12,17)(H,13,14,15). The van der Waals surface area contributed by atoms with Crippen LogP contribution in [0.3, 0.4) is 0 Å². The van der Waals surface area contributed by atoms with Crippen LogP contribution in [0.25, 0.3) is 0 Å². The van der Waals surface area contributed by atoms with Gasteiger partial charge < -0.3 is 10.6 Å². The molecule has 1 aromatic rings. The fraction of sp³-hybridized carbons (Fsp3) is 0.545. The highest BCUT2D eigenvalue weighted by molar-refractivity contribution is 7.89. The molecule has 1 amide bonds. The minimum atomic E-state index is -3.69. The Hall–Kier alpha value is -1.74. The molecule has 0 saturated carbocycles. The highest BCUT2D eigenvalue weighted by atomic mass is 32.2. The van der Waals surface area contributed by atoms with Crippen LogP contribution in [0, 0.1) is 0 Å². The first-order chi connectivity index (χ1) is 9.49. The van der Waals surface area contributed by atoms with Crippen LogP contribution in [0.5, 0.6) is 0 Å². The lowest BCUT2D eigenvalue weighted by molar-refractivity contribution is -0.120. The summed E-state index contributed by atoms with van der Waals surface area (Å²) in [6.07, 6.45) is 2.53. The first-order valence-electron chi connectivity index (χ1n) is 6.32. The Morgan fingerprint density at radius 1 is 1.20 bits per heavy atom. The molecule has 3 N–H and O–H groups in total. The number of rotatable bonds is 8. The Morgan fingerprint density at radius 2 is 1.85 bits per heavy atom. The quantitative estimate of drug-likeness (QED) is 0.608. The number of carbonyl (C=O) groups excluding carboxylic acids is 1. The number of nitrogens with zero attached hydrogens (tertiary/aromatic N) is 2. The number of hydrogen-bond donors (Lipinski definition) is 3. The topological polar surface area (TPSA) is 113 Å². The molecule has 9 heteroatoms. The van der Waals surface area contributed by atoms with E-state index in [1.807, 2.05) is 6.92 Å². The van der Waals surface area contributed by atoms with Crippen molar-refractivity contribution in [3.05, 3.63) is 12.4 Å². The van der Waals surface area contributed by atoms with Crippen LogP contribution < -0.4 is 15.4 Å². The van der Waals surface area contributed by atoms with Gasteiger partial charge in [-0.3, -0.25) is 4.79 Å². The average Bonchev–Trinajstić information content (AvgIpc) is 2.40. The van der Waals surface area contributed by atoms with E-state index in [0.29, 0.717) is 19.0 Å². The van der Waals surface area contributed by atoms with Crippen molar-refractivity contribution in [3.8, 4) is 0 Å². The van der Waals surface area contributed by atoms with Gasteiger partial charge in [0.2, 0.25) is 21.9 Å². The maximum Gasteiger partial charge on any atom is 0.243 e. The summed E-state index contributed by atoms with van der Waals surface area (Å²) >= 11 is 0. The zero-order valence-corrected chi connectivity index (χ0v) is 12.3. The Morgan fingerprint density at radius 3 is 2.40 bits per heavy atom. The number of aromatic nitrogens is 2. The third-order valence-corrected chi connectivity index (χ3v) is 3.71. The smallest absolute Gasteiger partial charge is 0.243 e. The van der Waals surface area contributed by atoms with Gasteiger partial charge in [0.05, 0.1) is 12.4 Å². The molecule has 1 heterocycles. The molecule has 1 rings (SSSR count). The van der Waals surface area contributed by atoms with Crippen LogP contribution in [-0.4, -0.2) is 43.9 Å². The van der Waals surface area contributed by atoms with E-state index < -0.39 is 10.0 Å². The summed E-state index contributed by atoms with van der Waals surface area (Å²) in [5, 5.41) is 5.45. The lowest BCUT2D eigenvalue weighted by Crippen LogP contribution is -2.30. The van der Waals surface area contributed by atoms with Crippen molar-refractivity contribution in [1.82, 2.24) is 20.0 Å². The number of nitrogens with one attached hydrogen (secondary N) is 3. The Labute approximate surface area is 118 Å². The molecule has 0 unspecified atom stereocenters. The first-order valence-corrected chi connectivity index (χ1v) is 7.80. The molecular weight excluding hydrogens is 282 g/mol. The first kappa shape index (κ1) is 16.3. The molecule has 0 saturated heterocycles. The minimum absolute atomic E-state index is 0.0309. The van der Waals surface area contributed by atoms with Gasteiger partial charge in [-0.05, 0) is 13.8 Å². The predicted octanol–water partition coefficient (Wildman–Crippen LogP) is -0.287. The summed E-state index contributed by atoms with van der Waals surface area (Å²) in [6, 6.07) is 0. The highest BCUT2D eigenvalue weighted by Crippen LogP contribution is 2.07. The predicted molar refractivity (Wildman–Crippen MR) is 74.7 cm³/mol. The average molecular weight is 301 g/mol. The summed E-state index contributed by atoms with van der Waals surface area (Å²) in [7, 11) is -3.69. The molecule has 0 fully saturated rings. The second kappa shape index (κ2) is 7.75. The summed E-state index contributed by atoms with van der Waals surface area (Å²) < 4.78 is 26.1. The molecule has 0 aliphatic heterocycles. The number of carbonyl (C=O) groups is 1. The van der Waals surface area contributed by atoms with Crippen LogP contribution in [0.1, 0.15) is 20.3 Å². The number of hydrogen-bond acceptors (Lipinski definition) is 6. The van der Waals surface area contributed by atoms with Crippen LogP contribution in [-0.2, 0) is 14.8 Å². The molecule has 1 aromatic heterocycles. The van der Waals surface area contributed by atoms with Gasteiger partial charge in [-0.1, -0.05) is 0 Å². The molecular formula is C11H19N5O3S.